The van der Waals surface area contributed by atoms with Gasteiger partial charge in [-0.2, -0.15) is 0 Å². The lowest BCUT2D eigenvalue weighted by molar-refractivity contribution is -0.00232. The maximum atomic E-state index is 13.1. The molecule has 0 amide bonds. The van der Waals surface area contributed by atoms with Gasteiger partial charge < -0.3 is 10.1 Å². The van der Waals surface area contributed by atoms with E-state index >= 15 is 0 Å². The van der Waals surface area contributed by atoms with Crippen molar-refractivity contribution in [3.05, 3.63) is 53.9 Å². The fourth-order valence-electron chi connectivity index (χ4n) is 3.25. The van der Waals surface area contributed by atoms with Crippen LogP contribution in [0, 0.1) is 5.82 Å². The Morgan fingerprint density at radius 1 is 1.20 bits per heavy atom. The van der Waals surface area contributed by atoms with E-state index in [4.69, 9.17) is 0 Å². The number of nitrogens with one attached hydrogen (secondary N) is 1. The van der Waals surface area contributed by atoms with Gasteiger partial charge in [-0.1, -0.05) is 31.4 Å². The fourth-order valence-corrected chi connectivity index (χ4v) is 3.25. The molecule has 0 saturated heterocycles. The minimum atomic E-state index is -0.970. The van der Waals surface area contributed by atoms with Gasteiger partial charge in [-0.25, -0.2) is 9.37 Å². The Balaban J connectivity index is 2.02. The second-order valence-electron chi connectivity index (χ2n) is 5.56. The summed E-state index contributed by atoms with van der Waals surface area (Å²) in [5.41, 5.74) is -0.190. The molecule has 3 rings (SSSR count). The van der Waals surface area contributed by atoms with Crippen molar-refractivity contribution in [3.8, 4) is 0 Å². The first-order valence-electron chi connectivity index (χ1n) is 7.18. The van der Waals surface area contributed by atoms with Gasteiger partial charge in [-0.05, 0) is 30.5 Å². The van der Waals surface area contributed by atoms with Crippen LogP contribution in [0.2, 0.25) is 0 Å². The van der Waals surface area contributed by atoms with E-state index in [2.05, 4.69) is 9.97 Å². The molecule has 0 spiro atoms. The van der Waals surface area contributed by atoms with Gasteiger partial charge in [0.15, 0.2) is 0 Å². The topological polar surface area (TPSA) is 48.9 Å². The maximum Gasteiger partial charge on any atom is 0.123 e. The van der Waals surface area contributed by atoms with Gasteiger partial charge in [0.25, 0.3) is 0 Å². The van der Waals surface area contributed by atoms with Crippen LogP contribution in [0.15, 0.2) is 36.7 Å². The van der Waals surface area contributed by atoms with E-state index in [9.17, 15) is 9.50 Å². The zero-order valence-corrected chi connectivity index (χ0v) is 11.3. The Hall–Kier alpha value is -1.68. The number of rotatable bonds is 2. The molecule has 2 N–H and O–H groups in total. The first kappa shape index (κ1) is 13.3. The predicted molar refractivity (Wildman–Crippen MR) is 74.7 cm³/mol. The lowest BCUT2D eigenvalue weighted by Crippen LogP contribution is -2.33. The number of H-pyrrole nitrogens is 1. The summed E-state index contributed by atoms with van der Waals surface area (Å²) in [4.78, 5) is 7.46. The van der Waals surface area contributed by atoms with Crippen LogP contribution in [0.1, 0.15) is 49.4 Å². The van der Waals surface area contributed by atoms with Gasteiger partial charge in [0.05, 0.1) is 11.5 Å². The normalized spacial score (nSPS) is 27.2. The maximum absolute atomic E-state index is 13.1. The first-order chi connectivity index (χ1) is 9.70. The molecule has 1 fully saturated rings. The number of aromatic amines is 1. The SMILES string of the molecule is O[C@@]1(c2ccc(F)cc2)CCCCC[C@H]1c1ncc[nH]1. The second kappa shape index (κ2) is 5.37. The summed E-state index contributed by atoms with van der Waals surface area (Å²) in [6.45, 7) is 0. The Morgan fingerprint density at radius 2 is 2.00 bits per heavy atom. The number of aliphatic hydroxyl groups is 1. The summed E-state index contributed by atoms with van der Waals surface area (Å²) in [6.07, 6.45) is 8.24. The Morgan fingerprint density at radius 3 is 2.70 bits per heavy atom. The molecule has 1 heterocycles. The van der Waals surface area contributed by atoms with E-state index in [0.29, 0.717) is 6.42 Å². The molecule has 0 bridgehead atoms. The van der Waals surface area contributed by atoms with Crippen molar-refractivity contribution in [2.45, 2.75) is 43.6 Å². The molecule has 2 atom stereocenters. The summed E-state index contributed by atoms with van der Waals surface area (Å²) < 4.78 is 13.1. The average molecular weight is 274 g/mol. The monoisotopic (exact) mass is 274 g/mol. The van der Waals surface area contributed by atoms with E-state index < -0.39 is 5.60 Å². The lowest BCUT2D eigenvalue weighted by atomic mass is 9.77. The number of halogens is 1. The van der Waals surface area contributed by atoms with Crippen molar-refractivity contribution >= 4 is 0 Å². The molecule has 20 heavy (non-hydrogen) atoms. The van der Waals surface area contributed by atoms with E-state index in [1.807, 2.05) is 0 Å². The number of aromatic nitrogens is 2. The molecule has 1 aromatic heterocycles. The summed E-state index contributed by atoms with van der Waals surface area (Å²) in [7, 11) is 0. The van der Waals surface area contributed by atoms with Crippen LogP contribution in [0.25, 0.3) is 0 Å². The Labute approximate surface area is 117 Å². The van der Waals surface area contributed by atoms with Gasteiger partial charge in [-0.3, -0.25) is 0 Å². The highest BCUT2D eigenvalue weighted by Crippen LogP contribution is 2.45. The third-order valence-corrected chi connectivity index (χ3v) is 4.32. The molecular weight excluding hydrogens is 255 g/mol. The largest absolute Gasteiger partial charge is 0.384 e. The quantitative estimate of drug-likeness (QED) is 0.824. The lowest BCUT2D eigenvalue weighted by Gasteiger charge is -2.34. The van der Waals surface area contributed by atoms with Crippen LogP contribution in [0.3, 0.4) is 0 Å². The van der Waals surface area contributed by atoms with Crippen molar-refractivity contribution in [1.82, 2.24) is 9.97 Å². The number of hydrogen-bond donors (Lipinski definition) is 2. The van der Waals surface area contributed by atoms with Gasteiger partial charge in [0.1, 0.15) is 11.6 Å². The molecule has 0 aliphatic heterocycles. The predicted octanol–water partition coefficient (Wildman–Crippen LogP) is 3.48. The van der Waals surface area contributed by atoms with Gasteiger partial charge in [-0.15, -0.1) is 0 Å². The second-order valence-corrected chi connectivity index (χ2v) is 5.56. The fraction of sp³-hybridized carbons (Fsp3) is 0.438. The molecule has 1 aliphatic carbocycles. The summed E-state index contributed by atoms with van der Waals surface area (Å²) in [5, 5.41) is 11.3. The molecule has 3 nitrogen and oxygen atoms in total. The number of imidazole rings is 1. The van der Waals surface area contributed by atoms with Crippen molar-refractivity contribution in [1.29, 1.82) is 0 Å². The van der Waals surface area contributed by atoms with E-state index in [1.54, 1.807) is 24.5 Å². The number of hydrogen-bond acceptors (Lipinski definition) is 2. The number of benzene rings is 1. The van der Waals surface area contributed by atoms with E-state index in [-0.39, 0.29) is 11.7 Å². The van der Waals surface area contributed by atoms with Crippen molar-refractivity contribution in [2.75, 3.05) is 0 Å². The van der Waals surface area contributed by atoms with Crippen LogP contribution in [-0.2, 0) is 5.60 Å². The third kappa shape index (κ3) is 2.36. The first-order valence-corrected chi connectivity index (χ1v) is 7.18. The van der Waals surface area contributed by atoms with Gasteiger partial charge in [0.2, 0.25) is 0 Å². The van der Waals surface area contributed by atoms with Crippen LogP contribution >= 0.6 is 0 Å². The van der Waals surface area contributed by atoms with E-state index in [0.717, 1.165) is 37.1 Å². The van der Waals surface area contributed by atoms with E-state index in [1.165, 1.54) is 12.1 Å². The van der Waals surface area contributed by atoms with Crippen molar-refractivity contribution < 1.29 is 9.50 Å². The van der Waals surface area contributed by atoms with Crippen LogP contribution < -0.4 is 0 Å². The zero-order chi connectivity index (χ0) is 14.0. The molecule has 4 heteroatoms. The Bertz CT molecular complexity index is 552. The minimum Gasteiger partial charge on any atom is -0.384 e. The zero-order valence-electron chi connectivity index (χ0n) is 11.3. The Kier molecular flexibility index (Phi) is 3.57. The molecule has 1 saturated carbocycles. The van der Waals surface area contributed by atoms with Crippen molar-refractivity contribution in [2.24, 2.45) is 0 Å². The highest BCUT2D eigenvalue weighted by Gasteiger charge is 2.41. The molecule has 0 unspecified atom stereocenters. The molecule has 1 aliphatic rings. The molecule has 1 aromatic carbocycles. The molecule has 106 valence electrons. The standard InChI is InChI=1S/C16H19FN2O/c17-13-7-5-12(6-8-13)16(20)9-3-1-2-4-14(16)15-18-10-11-19-15/h5-8,10-11,14,20H,1-4,9H2,(H,18,19)/t14-,16+/m0/s1. The summed E-state index contributed by atoms with van der Waals surface area (Å²) in [6, 6.07) is 6.21. The van der Waals surface area contributed by atoms with Crippen LogP contribution in [-0.4, -0.2) is 15.1 Å². The highest BCUT2D eigenvalue weighted by molar-refractivity contribution is 5.27. The van der Waals surface area contributed by atoms with Crippen molar-refractivity contribution in [3.63, 3.8) is 0 Å². The number of nitrogens with zero attached hydrogens (tertiary/aromatic N) is 1. The molecule has 2 aromatic rings. The smallest absolute Gasteiger partial charge is 0.123 e. The molecule has 0 radical (unpaired) electrons. The highest BCUT2D eigenvalue weighted by atomic mass is 19.1. The summed E-state index contributed by atoms with van der Waals surface area (Å²) >= 11 is 0. The minimum absolute atomic E-state index is 0.0644. The van der Waals surface area contributed by atoms with Gasteiger partial charge in [0, 0.05) is 12.4 Å². The van der Waals surface area contributed by atoms with Gasteiger partial charge >= 0.3 is 0 Å². The van der Waals surface area contributed by atoms with Crippen LogP contribution in [0.4, 0.5) is 4.39 Å². The average Bonchev–Trinajstić information content (AvgIpc) is 2.90. The van der Waals surface area contributed by atoms with Crippen LogP contribution in [0.5, 0.6) is 0 Å². The summed E-state index contributed by atoms with van der Waals surface area (Å²) in [5.74, 6) is 0.477. The third-order valence-electron chi connectivity index (χ3n) is 4.32. The molecular formula is C16H19FN2O.